The molecule has 0 bridgehead atoms. The standard InChI is InChI=1S/C59H104O5/c1-4-7-10-13-16-19-22-25-27-29-30-31-32-35-37-40-43-46-49-52-58(60)63-56-57(64-59(61)53-50-47-44-41-38-34-24-21-18-15-12-9-6-3)55-62-54-51-48-45-42-39-36-33-28-26-23-20-17-14-11-8-5-2/h7,10,16,19,25-28,30-31,35,37,57H,4-6,8-9,11-15,17-18,20-24,29,32-34,36,38-56H2,1-3H3/b10-7-,19-16-,27-25-,28-26-,31-30-,37-35-. The van der Waals surface area contributed by atoms with Gasteiger partial charge in [0.05, 0.1) is 6.61 Å². The number of carbonyl (C=O) groups excluding carboxylic acids is 2. The maximum atomic E-state index is 12.8. The van der Waals surface area contributed by atoms with Crippen molar-refractivity contribution in [1.29, 1.82) is 0 Å². The summed E-state index contributed by atoms with van der Waals surface area (Å²) in [6.45, 7) is 7.69. The highest BCUT2D eigenvalue weighted by molar-refractivity contribution is 5.70. The monoisotopic (exact) mass is 893 g/mol. The Hall–Kier alpha value is -2.66. The average molecular weight is 893 g/mol. The molecule has 0 saturated heterocycles. The van der Waals surface area contributed by atoms with Gasteiger partial charge in [-0.25, -0.2) is 0 Å². The first-order valence-corrected chi connectivity index (χ1v) is 27.5. The van der Waals surface area contributed by atoms with Crippen LogP contribution in [0.3, 0.4) is 0 Å². The van der Waals surface area contributed by atoms with Crippen molar-refractivity contribution in [2.45, 2.75) is 271 Å². The second kappa shape index (κ2) is 54.7. The molecule has 0 aliphatic heterocycles. The van der Waals surface area contributed by atoms with E-state index in [0.29, 0.717) is 19.4 Å². The highest BCUT2D eigenvalue weighted by atomic mass is 16.6. The quantitative estimate of drug-likeness (QED) is 0.0346. The van der Waals surface area contributed by atoms with Crippen molar-refractivity contribution in [2.75, 3.05) is 19.8 Å². The molecule has 0 aromatic carbocycles. The van der Waals surface area contributed by atoms with Crippen LogP contribution in [0.1, 0.15) is 265 Å². The molecule has 1 atom stereocenters. The Morgan fingerprint density at radius 3 is 1.16 bits per heavy atom. The van der Waals surface area contributed by atoms with E-state index in [9.17, 15) is 9.59 Å². The van der Waals surface area contributed by atoms with Crippen molar-refractivity contribution in [3.05, 3.63) is 72.9 Å². The van der Waals surface area contributed by atoms with E-state index in [1.807, 2.05) is 0 Å². The molecule has 0 spiro atoms. The van der Waals surface area contributed by atoms with Gasteiger partial charge in [-0.05, 0) is 89.9 Å². The van der Waals surface area contributed by atoms with Gasteiger partial charge in [-0.15, -0.1) is 0 Å². The fourth-order valence-corrected chi connectivity index (χ4v) is 7.65. The van der Waals surface area contributed by atoms with Crippen molar-refractivity contribution in [2.24, 2.45) is 0 Å². The zero-order valence-corrected chi connectivity index (χ0v) is 42.5. The summed E-state index contributed by atoms with van der Waals surface area (Å²) >= 11 is 0. The lowest BCUT2D eigenvalue weighted by Gasteiger charge is -2.18. The van der Waals surface area contributed by atoms with Crippen LogP contribution in [0.2, 0.25) is 0 Å². The summed E-state index contributed by atoms with van der Waals surface area (Å²) in [5.74, 6) is -0.430. The third-order valence-corrected chi connectivity index (χ3v) is 11.7. The maximum absolute atomic E-state index is 12.8. The Kier molecular flexibility index (Phi) is 52.4. The van der Waals surface area contributed by atoms with Gasteiger partial charge in [0, 0.05) is 19.4 Å². The molecular formula is C59H104O5. The zero-order valence-electron chi connectivity index (χ0n) is 42.5. The fourth-order valence-electron chi connectivity index (χ4n) is 7.65. The number of allylic oxidation sites excluding steroid dienone is 12. The van der Waals surface area contributed by atoms with E-state index >= 15 is 0 Å². The number of hydrogen-bond donors (Lipinski definition) is 0. The van der Waals surface area contributed by atoms with Crippen LogP contribution in [-0.2, 0) is 23.8 Å². The maximum Gasteiger partial charge on any atom is 0.306 e. The Bertz CT molecular complexity index is 1150. The molecule has 0 aromatic rings. The predicted molar refractivity (Wildman–Crippen MR) is 279 cm³/mol. The molecule has 0 aliphatic rings. The van der Waals surface area contributed by atoms with Gasteiger partial charge in [-0.3, -0.25) is 9.59 Å². The van der Waals surface area contributed by atoms with Gasteiger partial charge in [-0.1, -0.05) is 235 Å². The van der Waals surface area contributed by atoms with Gasteiger partial charge in [0.15, 0.2) is 6.10 Å². The normalized spacial score (nSPS) is 12.7. The van der Waals surface area contributed by atoms with E-state index in [1.54, 1.807) is 0 Å². The third-order valence-electron chi connectivity index (χ3n) is 11.7. The van der Waals surface area contributed by atoms with Crippen LogP contribution < -0.4 is 0 Å². The van der Waals surface area contributed by atoms with Crippen molar-refractivity contribution >= 4 is 11.9 Å². The number of ether oxygens (including phenoxy) is 3. The van der Waals surface area contributed by atoms with E-state index in [-0.39, 0.29) is 25.2 Å². The van der Waals surface area contributed by atoms with Crippen LogP contribution in [0.15, 0.2) is 72.9 Å². The number of rotatable bonds is 50. The molecule has 0 aromatic heterocycles. The minimum atomic E-state index is -0.553. The lowest BCUT2D eigenvalue weighted by molar-refractivity contribution is -0.163. The van der Waals surface area contributed by atoms with Crippen LogP contribution in [-0.4, -0.2) is 37.9 Å². The SMILES string of the molecule is CC/C=C\C/C=C\C/C=C\C/C=C\C/C=C\CCCCCC(=O)OCC(COCCCCCCCC/C=C\CCCCCCCC)OC(=O)CCCCCCCCCCCCCCC. The number of esters is 2. The molecule has 0 radical (unpaired) electrons. The molecule has 0 saturated carbocycles. The van der Waals surface area contributed by atoms with Crippen LogP contribution in [0.5, 0.6) is 0 Å². The molecule has 370 valence electrons. The van der Waals surface area contributed by atoms with Crippen LogP contribution in [0.25, 0.3) is 0 Å². The number of unbranched alkanes of at least 4 members (excludes halogenated alkanes) is 27. The van der Waals surface area contributed by atoms with Crippen molar-refractivity contribution in [3.8, 4) is 0 Å². The third kappa shape index (κ3) is 52.0. The summed E-state index contributed by atoms with van der Waals surface area (Å²) in [6, 6.07) is 0. The fraction of sp³-hybridized carbons (Fsp3) is 0.763. The second-order valence-corrected chi connectivity index (χ2v) is 18.1. The molecule has 1 unspecified atom stereocenters. The molecule has 64 heavy (non-hydrogen) atoms. The summed E-state index contributed by atoms with van der Waals surface area (Å²) in [4.78, 5) is 25.4. The summed E-state index contributed by atoms with van der Waals surface area (Å²) in [5.41, 5.74) is 0. The summed E-state index contributed by atoms with van der Waals surface area (Å²) in [5, 5.41) is 0. The average Bonchev–Trinajstić information content (AvgIpc) is 3.30. The van der Waals surface area contributed by atoms with Gasteiger partial charge in [-0.2, -0.15) is 0 Å². The van der Waals surface area contributed by atoms with Crippen molar-refractivity contribution < 1.29 is 23.8 Å². The van der Waals surface area contributed by atoms with E-state index < -0.39 is 6.10 Å². The first-order valence-electron chi connectivity index (χ1n) is 27.5. The Labute approximate surface area is 397 Å². The summed E-state index contributed by atoms with van der Waals surface area (Å²) < 4.78 is 17.4. The second-order valence-electron chi connectivity index (χ2n) is 18.1. The Balaban J connectivity index is 4.32. The van der Waals surface area contributed by atoms with Gasteiger partial charge < -0.3 is 14.2 Å². The zero-order chi connectivity index (χ0) is 46.3. The predicted octanol–water partition coefficient (Wildman–Crippen LogP) is 18.7. The van der Waals surface area contributed by atoms with E-state index in [1.165, 1.54) is 148 Å². The largest absolute Gasteiger partial charge is 0.462 e. The number of carbonyl (C=O) groups is 2. The summed E-state index contributed by atoms with van der Waals surface area (Å²) in [7, 11) is 0. The molecule has 5 heteroatoms. The summed E-state index contributed by atoms with van der Waals surface area (Å²) in [6.07, 6.45) is 70.6. The van der Waals surface area contributed by atoms with E-state index in [4.69, 9.17) is 14.2 Å². The smallest absolute Gasteiger partial charge is 0.306 e. The molecule has 0 amide bonds. The molecule has 0 fully saturated rings. The van der Waals surface area contributed by atoms with E-state index in [2.05, 4.69) is 93.7 Å². The molecule has 0 aliphatic carbocycles. The Morgan fingerprint density at radius 2 is 0.703 bits per heavy atom. The van der Waals surface area contributed by atoms with Gasteiger partial charge in [0.2, 0.25) is 0 Å². The molecule has 0 N–H and O–H groups in total. The van der Waals surface area contributed by atoms with Crippen LogP contribution in [0.4, 0.5) is 0 Å². The van der Waals surface area contributed by atoms with Gasteiger partial charge >= 0.3 is 11.9 Å². The Morgan fingerprint density at radius 1 is 0.359 bits per heavy atom. The lowest BCUT2D eigenvalue weighted by Crippen LogP contribution is -2.30. The molecule has 0 heterocycles. The van der Waals surface area contributed by atoms with Crippen LogP contribution in [0, 0.1) is 0 Å². The highest BCUT2D eigenvalue weighted by Crippen LogP contribution is 2.15. The molecule has 5 nitrogen and oxygen atoms in total. The van der Waals surface area contributed by atoms with Gasteiger partial charge in [0.25, 0.3) is 0 Å². The minimum absolute atomic E-state index is 0.0661. The van der Waals surface area contributed by atoms with Crippen molar-refractivity contribution in [3.63, 3.8) is 0 Å². The highest BCUT2D eigenvalue weighted by Gasteiger charge is 2.17. The number of hydrogen-bond acceptors (Lipinski definition) is 5. The minimum Gasteiger partial charge on any atom is -0.462 e. The van der Waals surface area contributed by atoms with E-state index in [0.717, 1.165) is 83.5 Å². The van der Waals surface area contributed by atoms with Crippen molar-refractivity contribution in [1.82, 2.24) is 0 Å². The molecular weight excluding hydrogens is 789 g/mol. The first-order chi connectivity index (χ1) is 31.6. The molecule has 0 rings (SSSR count). The lowest BCUT2D eigenvalue weighted by atomic mass is 10.0. The van der Waals surface area contributed by atoms with Gasteiger partial charge in [0.1, 0.15) is 6.61 Å². The first kappa shape index (κ1) is 61.3. The topological polar surface area (TPSA) is 61.8 Å². The van der Waals surface area contributed by atoms with Crippen LogP contribution >= 0.6 is 0 Å².